The van der Waals surface area contributed by atoms with E-state index < -0.39 is 67.2 Å². The Morgan fingerprint density at radius 3 is 1.23 bits per heavy atom. The lowest BCUT2D eigenvalue weighted by Crippen LogP contribution is -3.85. The molecule has 5 atom stereocenters. The fraction of sp³-hybridized carbons (Fsp3) is 0.143. The first-order valence-electron chi connectivity index (χ1n) is 9.66. The fourth-order valence-corrected chi connectivity index (χ4v) is 15.7. The van der Waals surface area contributed by atoms with Crippen LogP contribution in [0.4, 0.5) is 0 Å². The third-order valence-corrected chi connectivity index (χ3v) is 18.5. The molecule has 6 N–H and O–H groups in total. The summed E-state index contributed by atoms with van der Waals surface area (Å²) >= 11 is -3.41. The second kappa shape index (κ2) is 13.3. The summed E-state index contributed by atoms with van der Waals surface area (Å²) in [5.41, 5.74) is 1.64. The van der Waals surface area contributed by atoms with Crippen molar-refractivity contribution >= 4 is 46.9 Å². The lowest BCUT2D eigenvalue weighted by Gasteiger charge is -2.26. The van der Waals surface area contributed by atoms with E-state index in [0.717, 1.165) is 11.1 Å². The van der Waals surface area contributed by atoms with Crippen LogP contribution in [-0.2, 0) is 51.8 Å². The molecule has 0 aliphatic carbocycles. The second-order valence-corrected chi connectivity index (χ2v) is 21.3. The first-order chi connectivity index (χ1) is 17.9. The molecule has 0 spiro atoms. The Morgan fingerprint density at radius 2 is 0.875 bits per heavy atom. The molecular formula is C14H20IO19P6. The van der Waals surface area contributed by atoms with Gasteiger partial charge in [0.25, 0.3) is 7.82 Å². The van der Waals surface area contributed by atoms with Crippen LogP contribution in [0.15, 0.2) is 48.5 Å². The van der Waals surface area contributed by atoms with Gasteiger partial charge in [-0.1, -0.05) is 38.2 Å². The van der Waals surface area contributed by atoms with Crippen molar-refractivity contribution in [3.8, 4) is 0 Å². The van der Waals surface area contributed by atoms with Gasteiger partial charge in [0.1, 0.15) is 0 Å². The maximum absolute atomic E-state index is 12.6. The van der Waals surface area contributed by atoms with Crippen LogP contribution in [0.5, 0.6) is 0 Å². The molecular weight excluding hydrogens is 785 g/mol. The van der Waals surface area contributed by atoms with E-state index in [-0.39, 0.29) is 0 Å². The van der Waals surface area contributed by atoms with Gasteiger partial charge in [-0.3, -0.25) is 9.46 Å². The minimum absolute atomic E-state index is 0.410. The van der Waals surface area contributed by atoms with Gasteiger partial charge in [-0.2, -0.15) is 12.9 Å². The molecule has 2 aromatic rings. The molecule has 1 radical (unpaired) electrons. The molecule has 5 unspecified atom stereocenters. The molecule has 2 aromatic carbocycles. The number of hydrogen-bond acceptors (Lipinski definition) is 13. The Bertz CT molecular complexity index is 1440. The van der Waals surface area contributed by atoms with Gasteiger partial charge >= 0.3 is 59.3 Å². The SMILES string of the molecule is Cc1ccc([I+](OP(=O)(O)OP(=O)(O)OP(=O)([O-])OP(=O)(O)OP(=O)(O)OP(=O)(O)O)c2ccc(C)cc2)cc1. The van der Waals surface area contributed by atoms with Gasteiger partial charge in [-0.05, 0) is 38.1 Å². The Hall–Kier alpha value is 0.0300. The predicted molar refractivity (Wildman–Crippen MR) is 125 cm³/mol. The normalized spacial score (nSPS) is 20.1. The van der Waals surface area contributed by atoms with Crippen molar-refractivity contribution in [2.45, 2.75) is 13.8 Å². The van der Waals surface area contributed by atoms with Gasteiger partial charge in [0.15, 0.2) is 7.14 Å². The number of halogens is 1. The van der Waals surface area contributed by atoms with E-state index in [2.05, 4.69) is 21.6 Å². The highest BCUT2D eigenvalue weighted by Gasteiger charge is 2.48. The predicted octanol–water partition coefficient (Wildman–Crippen LogP) is -0.0552. The summed E-state index contributed by atoms with van der Waals surface area (Å²) in [7, 11) is -36.9. The minimum Gasteiger partial charge on any atom is -0.756 e. The molecule has 0 aliphatic heterocycles. The van der Waals surface area contributed by atoms with Crippen molar-refractivity contribution in [2.24, 2.45) is 0 Å². The number of benzene rings is 2. The van der Waals surface area contributed by atoms with E-state index >= 15 is 0 Å². The quantitative estimate of drug-likeness (QED) is 0.108. The van der Waals surface area contributed by atoms with Gasteiger partial charge in [0, 0.05) is 0 Å². The standard InChI is InChI=1S/C14H21IO19P6/c1-11-3-7-13(8-4-11)15(14-9-5-12(2)6-10-14)29-36(19,20)31-38(23,24)33-40(27,28)34-39(25,26)32-37(21,22)30-35(16,17)18/h3-10H,1-2H3,(H,19,20)(H,21,22)(H,23,24)(H,25,26)(H,27,28)(H2,16,17,18)/q+1/p-1. The summed E-state index contributed by atoms with van der Waals surface area (Å²) in [4.78, 5) is 66.9. The average molecular weight is 805 g/mol. The number of aryl methyl sites for hydroxylation is 2. The molecule has 40 heavy (non-hydrogen) atoms. The molecule has 0 heterocycles. The highest BCUT2D eigenvalue weighted by atomic mass is 127. The van der Waals surface area contributed by atoms with E-state index in [1.54, 1.807) is 62.4 Å². The molecule has 0 aromatic heterocycles. The topological polar surface area (TPSA) is 302 Å². The highest BCUT2D eigenvalue weighted by molar-refractivity contribution is 7.72. The third kappa shape index (κ3) is 13.1. The van der Waals surface area contributed by atoms with Crippen molar-refractivity contribution in [3.63, 3.8) is 0 Å². The zero-order chi connectivity index (χ0) is 30.8. The number of phosphoric acid groups is 6. The van der Waals surface area contributed by atoms with E-state index in [1.165, 1.54) is 0 Å². The zero-order valence-corrected chi connectivity index (χ0v) is 27.2. The van der Waals surface area contributed by atoms with E-state index in [1.807, 2.05) is 0 Å². The molecule has 26 heteroatoms. The average Bonchev–Trinajstić information content (AvgIpc) is 2.67. The van der Waals surface area contributed by atoms with Gasteiger partial charge in [-0.15, -0.1) is 0 Å². The molecule has 227 valence electrons. The molecule has 0 bridgehead atoms. The van der Waals surface area contributed by atoms with E-state index in [0.29, 0.717) is 7.14 Å². The molecule has 0 aliphatic rings. The molecule has 19 nitrogen and oxygen atoms in total. The summed E-state index contributed by atoms with van der Waals surface area (Å²) in [6.07, 6.45) is 0. The highest BCUT2D eigenvalue weighted by Crippen LogP contribution is 2.73. The van der Waals surface area contributed by atoms with Crippen LogP contribution in [0.3, 0.4) is 0 Å². The molecule has 0 saturated carbocycles. The third-order valence-electron chi connectivity index (χ3n) is 3.60. The van der Waals surface area contributed by atoms with Gasteiger partial charge in [0.05, 0.1) is 0 Å². The molecule has 0 amide bonds. The smallest absolute Gasteiger partial charge is 0.521 e. The van der Waals surface area contributed by atoms with Gasteiger partial charge in [0.2, 0.25) is 0 Å². The van der Waals surface area contributed by atoms with Crippen molar-refractivity contribution < 1.29 is 106 Å². The van der Waals surface area contributed by atoms with Gasteiger partial charge < -0.3 is 29.4 Å². The maximum Gasteiger partial charge on any atom is 0.521 e. The molecule has 2 rings (SSSR count). The lowest BCUT2D eigenvalue weighted by molar-refractivity contribution is -1.03. The first kappa shape index (κ1) is 36.2. The van der Waals surface area contributed by atoms with Crippen LogP contribution in [-0.4, -0.2) is 29.4 Å². The van der Waals surface area contributed by atoms with Crippen molar-refractivity contribution in [3.05, 3.63) is 66.8 Å². The largest absolute Gasteiger partial charge is 0.756 e. The summed E-state index contributed by atoms with van der Waals surface area (Å²) in [5.74, 6) is 0. The molecule has 0 saturated heterocycles. The van der Waals surface area contributed by atoms with Crippen LogP contribution in [0.2, 0.25) is 0 Å². The Kier molecular flexibility index (Phi) is 12.1. The van der Waals surface area contributed by atoms with Crippen molar-refractivity contribution in [1.29, 1.82) is 0 Å². The van der Waals surface area contributed by atoms with Crippen LogP contribution in [0, 0.1) is 21.0 Å². The van der Waals surface area contributed by atoms with Crippen LogP contribution >= 0.6 is 46.9 Å². The Labute approximate surface area is 233 Å². The monoisotopic (exact) mass is 805 g/mol. The minimum atomic E-state index is -6.60. The summed E-state index contributed by atoms with van der Waals surface area (Å²) < 4.78 is 93.6. The summed E-state index contributed by atoms with van der Waals surface area (Å²) in [5, 5.41) is 0. The lowest BCUT2D eigenvalue weighted by atomic mass is 10.2. The maximum atomic E-state index is 12.6. The molecule has 0 fully saturated rings. The fourth-order valence-electron chi connectivity index (χ4n) is 2.31. The van der Waals surface area contributed by atoms with E-state index in [9.17, 15) is 47.0 Å². The van der Waals surface area contributed by atoms with Crippen LogP contribution in [0.1, 0.15) is 11.1 Å². The van der Waals surface area contributed by atoms with E-state index in [4.69, 9.17) is 17.5 Å². The summed E-state index contributed by atoms with van der Waals surface area (Å²) in [6.45, 7) is 3.52. The summed E-state index contributed by atoms with van der Waals surface area (Å²) in [6, 6.07) is 12.8. The van der Waals surface area contributed by atoms with Crippen molar-refractivity contribution in [1.82, 2.24) is 0 Å². The van der Waals surface area contributed by atoms with Crippen LogP contribution in [0.25, 0.3) is 0 Å². The van der Waals surface area contributed by atoms with Gasteiger partial charge in [-0.25, -0.2) is 31.4 Å². The van der Waals surface area contributed by atoms with Crippen LogP contribution < -0.4 is 25.1 Å². The number of rotatable bonds is 14. The first-order valence-corrected chi connectivity index (χ1v) is 21.7. The number of hydrogen-bond donors (Lipinski definition) is 6. The van der Waals surface area contributed by atoms with Crippen molar-refractivity contribution in [2.75, 3.05) is 0 Å². The zero-order valence-electron chi connectivity index (χ0n) is 19.7. The second-order valence-electron chi connectivity index (χ2n) is 7.13. The Morgan fingerprint density at radius 1 is 0.550 bits per heavy atom. The Balaban J connectivity index is 2.22.